The first-order valence-corrected chi connectivity index (χ1v) is 5.05. The molecule has 0 aromatic heterocycles. The fourth-order valence-corrected chi connectivity index (χ4v) is 1.29. The Balaban J connectivity index is 2.85. The summed E-state index contributed by atoms with van der Waals surface area (Å²) in [6, 6.07) is 6.32. The molecule has 0 fully saturated rings. The van der Waals surface area contributed by atoms with Crippen molar-refractivity contribution < 1.29 is 9.18 Å². The third-order valence-electron chi connectivity index (χ3n) is 2.26. The molecule has 0 spiro atoms. The van der Waals surface area contributed by atoms with Gasteiger partial charge in [0.25, 0.3) is 0 Å². The van der Waals surface area contributed by atoms with E-state index in [-0.39, 0.29) is 5.69 Å². The number of rotatable bonds is 3. The molecule has 4 heteroatoms. The Labute approximate surface area is 93.9 Å². The fraction of sp³-hybridized carbons (Fsp3) is 0.333. The van der Waals surface area contributed by atoms with Crippen molar-refractivity contribution in [1.82, 2.24) is 0 Å². The smallest absolute Gasteiger partial charge is 0.241 e. The van der Waals surface area contributed by atoms with Crippen LogP contribution in [0.1, 0.15) is 18.9 Å². The van der Waals surface area contributed by atoms with Crippen molar-refractivity contribution in [2.75, 3.05) is 5.32 Å². The maximum absolute atomic E-state index is 13.3. The van der Waals surface area contributed by atoms with Crippen LogP contribution in [0.5, 0.6) is 0 Å². The van der Waals surface area contributed by atoms with Gasteiger partial charge in [0.1, 0.15) is 11.7 Å². The first kappa shape index (κ1) is 12.2. The number of amides is 1. The molecule has 0 aliphatic heterocycles. The summed E-state index contributed by atoms with van der Waals surface area (Å²) in [5.41, 5.74) is 0.973. The van der Waals surface area contributed by atoms with Gasteiger partial charge in [-0.05, 0) is 31.0 Å². The molecule has 1 unspecified atom stereocenters. The predicted octanol–water partition coefficient (Wildman–Crippen LogP) is 2.62. The lowest BCUT2D eigenvalue weighted by atomic mass is 10.1. The van der Waals surface area contributed by atoms with E-state index >= 15 is 0 Å². The van der Waals surface area contributed by atoms with Crippen molar-refractivity contribution in [3.63, 3.8) is 0 Å². The van der Waals surface area contributed by atoms with E-state index in [1.54, 1.807) is 19.9 Å². The van der Waals surface area contributed by atoms with Gasteiger partial charge in [0, 0.05) is 0 Å². The number of carbonyl (C=O) groups is 1. The largest absolute Gasteiger partial charge is 0.322 e. The lowest BCUT2D eigenvalue weighted by Crippen LogP contribution is -2.21. The number of nitrogens with one attached hydrogen (secondary N) is 1. The number of hydrogen-bond acceptors (Lipinski definition) is 2. The van der Waals surface area contributed by atoms with Crippen molar-refractivity contribution in [3.05, 3.63) is 29.6 Å². The monoisotopic (exact) mass is 220 g/mol. The molecular formula is C12H13FN2O. The van der Waals surface area contributed by atoms with Gasteiger partial charge in [-0.15, -0.1) is 0 Å². The van der Waals surface area contributed by atoms with Crippen LogP contribution in [0.4, 0.5) is 10.1 Å². The van der Waals surface area contributed by atoms with E-state index in [1.807, 2.05) is 6.07 Å². The van der Waals surface area contributed by atoms with E-state index in [0.717, 1.165) is 5.56 Å². The summed E-state index contributed by atoms with van der Waals surface area (Å²) in [7, 11) is 0. The van der Waals surface area contributed by atoms with Crippen molar-refractivity contribution in [2.24, 2.45) is 5.92 Å². The minimum atomic E-state index is -0.736. The van der Waals surface area contributed by atoms with Crippen LogP contribution in [0.25, 0.3) is 0 Å². The van der Waals surface area contributed by atoms with E-state index in [0.29, 0.717) is 6.42 Å². The van der Waals surface area contributed by atoms with Gasteiger partial charge in [-0.3, -0.25) is 4.79 Å². The van der Waals surface area contributed by atoms with Crippen molar-refractivity contribution in [3.8, 4) is 6.07 Å². The summed E-state index contributed by atoms with van der Waals surface area (Å²) in [5, 5.41) is 11.1. The third-order valence-corrected chi connectivity index (χ3v) is 2.26. The van der Waals surface area contributed by atoms with Gasteiger partial charge in [-0.1, -0.05) is 13.0 Å². The number of nitriles is 1. The summed E-state index contributed by atoms with van der Waals surface area (Å²) in [4.78, 5) is 11.5. The molecule has 1 N–H and O–H groups in total. The second-order valence-corrected chi connectivity index (χ2v) is 3.56. The third kappa shape index (κ3) is 2.80. The zero-order chi connectivity index (χ0) is 12.1. The predicted molar refractivity (Wildman–Crippen MR) is 59.2 cm³/mol. The molecule has 1 atom stereocenters. The Morgan fingerprint density at radius 1 is 1.62 bits per heavy atom. The van der Waals surface area contributed by atoms with Crippen LogP contribution < -0.4 is 5.32 Å². The average Bonchev–Trinajstić information content (AvgIpc) is 2.25. The zero-order valence-corrected chi connectivity index (χ0v) is 9.25. The van der Waals surface area contributed by atoms with Crippen LogP contribution >= 0.6 is 0 Å². The van der Waals surface area contributed by atoms with Gasteiger partial charge >= 0.3 is 0 Å². The normalized spacial score (nSPS) is 11.6. The lowest BCUT2D eigenvalue weighted by molar-refractivity contribution is -0.118. The van der Waals surface area contributed by atoms with Crippen LogP contribution in [0.15, 0.2) is 18.2 Å². The van der Waals surface area contributed by atoms with E-state index < -0.39 is 17.6 Å². The summed E-state index contributed by atoms with van der Waals surface area (Å²) in [6.45, 7) is 3.54. The number of anilines is 1. The summed E-state index contributed by atoms with van der Waals surface area (Å²) >= 11 is 0. The number of hydrogen-bond donors (Lipinski definition) is 1. The molecule has 1 aromatic carbocycles. The molecule has 0 bridgehead atoms. The van der Waals surface area contributed by atoms with Crippen molar-refractivity contribution >= 4 is 11.6 Å². The zero-order valence-electron chi connectivity index (χ0n) is 9.25. The maximum Gasteiger partial charge on any atom is 0.241 e. The van der Waals surface area contributed by atoms with Gasteiger partial charge in [0.05, 0.1) is 11.8 Å². The highest BCUT2D eigenvalue weighted by Gasteiger charge is 2.16. The fourth-order valence-electron chi connectivity index (χ4n) is 1.29. The van der Waals surface area contributed by atoms with Crippen molar-refractivity contribution in [2.45, 2.75) is 20.3 Å². The minimum absolute atomic E-state index is 0.124. The van der Waals surface area contributed by atoms with Gasteiger partial charge in [0.2, 0.25) is 5.91 Å². The molecule has 1 rings (SSSR count). The molecule has 0 aliphatic rings. The van der Waals surface area contributed by atoms with Gasteiger partial charge < -0.3 is 5.32 Å². The topological polar surface area (TPSA) is 52.9 Å². The second-order valence-electron chi connectivity index (χ2n) is 3.56. The molecule has 84 valence electrons. The number of aryl methyl sites for hydroxylation is 1. The molecule has 0 saturated heterocycles. The van der Waals surface area contributed by atoms with Crippen LogP contribution in [0.2, 0.25) is 0 Å². The highest BCUT2D eigenvalue weighted by atomic mass is 19.1. The van der Waals surface area contributed by atoms with E-state index in [2.05, 4.69) is 5.32 Å². The highest BCUT2D eigenvalue weighted by molar-refractivity contribution is 5.94. The standard InChI is InChI=1S/C12H13FN2O/c1-3-9(7-14)12(16)15-11-6-8(2)4-5-10(11)13/h4-6,9H,3H2,1-2H3,(H,15,16). The van der Waals surface area contributed by atoms with Crippen molar-refractivity contribution in [1.29, 1.82) is 5.26 Å². The van der Waals surface area contributed by atoms with Gasteiger partial charge in [0.15, 0.2) is 0 Å². The SMILES string of the molecule is CCC(C#N)C(=O)Nc1cc(C)ccc1F. The number of halogens is 1. The number of carbonyl (C=O) groups excluding carboxylic acids is 1. The average molecular weight is 220 g/mol. The number of nitrogens with zero attached hydrogens (tertiary/aromatic N) is 1. The molecule has 16 heavy (non-hydrogen) atoms. The molecule has 0 heterocycles. The number of benzene rings is 1. The second kappa shape index (κ2) is 5.26. The van der Waals surface area contributed by atoms with Crippen LogP contribution in [0, 0.1) is 30.0 Å². The van der Waals surface area contributed by atoms with E-state index in [4.69, 9.17) is 5.26 Å². The summed E-state index contributed by atoms with van der Waals surface area (Å²) in [5.74, 6) is -1.69. The maximum atomic E-state index is 13.3. The summed E-state index contributed by atoms with van der Waals surface area (Å²) in [6.07, 6.45) is 0.412. The van der Waals surface area contributed by atoms with Crippen LogP contribution in [-0.2, 0) is 4.79 Å². The Hall–Kier alpha value is -1.89. The molecule has 1 aromatic rings. The van der Waals surface area contributed by atoms with Gasteiger partial charge in [-0.2, -0.15) is 5.26 Å². The molecule has 0 radical (unpaired) electrons. The Morgan fingerprint density at radius 3 is 2.88 bits per heavy atom. The minimum Gasteiger partial charge on any atom is -0.322 e. The van der Waals surface area contributed by atoms with E-state index in [9.17, 15) is 9.18 Å². The van der Waals surface area contributed by atoms with E-state index in [1.165, 1.54) is 12.1 Å². The Morgan fingerprint density at radius 2 is 2.31 bits per heavy atom. The summed E-state index contributed by atoms with van der Waals surface area (Å²) < 4.78 is 13.3. The molecular weight excluding hydrogens is 207 g/mol. The molecule has 0 aliphatic carbocycles. The first-order valence-electron chi connectivity index (χ1n) is 5.05. The van der Waals surface area contributed by atoms with Crippen LogP contribution in [-0.4, -0.2) is 5.91 Å². The molecule has 1 amide bonds. The lowest BCUT2D eigenvalue weighted by Gasteiger charge is -2.09. The quantitative estimate of drug-likeness (QED) is 0.851. The first-order chi connectivity index (χ1) is 7.58. The highest BCUT2D eigenvalue weighted by Crippen LogP contribution is 2.17. The van der Waals surface area contributed by atoms with Gasteiger partial charge in [-0.25, -0.2) is 4.39 Å². The molecule has 3 nitrogen and oxygen atoms in total. The van der Waals surface area contributed by atoms with Crippen LogP contribution in [0.3, 0.4) is 0 Å². The Bertz CT molecular complexity index is 437. The Kier molecular flexibility index (Phi) is 4.01. The molecule has 0 saturated carbocycles.